The molecule has 10 heavy (non-hydrogen) atoms. The van der Waals surface area contributed by atoms with Crippen molar-refractivity contribution in [1.29, 1.82) is 0 Å². The third kappa shape index (κ3) is 1.42. The Morgan fingerprint density at radius 2 is 2.10 bits per heavy atom. The Labute approximate surface area is 77.5 Å². The summed E-state index contributed by atoms with van der Waals surface area (Å²) in [5, 5.41) is 0.229. The van der Waals surface area contributed by atoms with Gasteiger partial charge in [-0.15, -0.1) is 0 Å². The predicted octanol–water partition coefficient (Wildman–Crippen LogP) is 3.39. The molecule has 0 N–H and O–H groups in total. The highest BCUT2D eigenvalue weighted by Gasteiger charge is 2.05. The molecule has 1 aromatic carbocycles. The first-order chi connectivity index (χ1) is 4.63. The molecule has 0 bridgehead atoms. The lowest BCUT2D eigenvalue weighted by Crippen LogP contribution is -1.85. The molecular weight excluding hydrogens is 265 g/mol. The van der Waals surface area contributed by atoms with E-state index in [2.05, 4.69) is 0 Å². The van der Waals surface area contributed by atoms with E-state index < -0.39 is 0 Å². The molecule has 0 radical (unpaired) electrons. The number of hydrogen-bond acceptors (Lipinski definition) is 0. The third-order valence-electron chi connectivity index (χ3n) is 1.23. The second kappa shape index (κ2) is 3.05. The zero-order chi connectivity index (χ0) is 7.72. The van der Waals surface area contributed by atoms with Gasteiger partial charge in [0, 0.05) is 0 Å². The Morgan fingerprint density at radius 1 is 1.50 bits per heavy atom. The van der Waals surface area contributed by atoms with Gasteiger partial charge < -0.3 is 0 Å². The highest BCUT2D eigenvalue weighted by atomic mass is 127. The van der Waals surface area contributed by atoms with E-state index in [1.165, 1.54) is 0 Å². The molecule has 0 atom stereocenters. The van der Waals surface area contributed by atoms with Gasteiger partial charge in [-0.1, -0.05) is 17.7 Å². The van der Waals surface area contributed by atoms with Crippen LogP contribution in [0.5, 0.6) is 0 Å². The van der Waals surface area contributed by atoms with Gasteiger partial charge in [0.1, 0.15) is 0 Å². The molecule has 0 unspecified atom stereocenters. The van der Waals surface area contributed by atoms with Crippen LogP contribution in [-0.2, 0) is 0 Å². The Bertz CT molecular complexity index is 233. The smallest absolute Gasteiger partial charge is 0.155 e. The summed E-state index contributed by atoms with van der Waals surface area (Å²) in [7, 11) is 0. The zero-order valence-electron chi connectivity index (χ0n) is 5.29. The first-order valence-corrected chi connectivity index (χ1v) is 4.18. The standard InChI is InChI=1S/C7H5ClFI/c1-4-2-3-5(10)7(9)6(4)8/h2-3H,1H3. The molecule has 0 saturated heterocycles. The highest BCUT2D eigenvalue weighted by Crippen LogP contribution is 2.23. The molecule has 0 amide bonds. The van der Waals surface area contributed by atoms with Crippen LogP contribution in [0.4, 0.5) is 4.39 Å². The average molecular weight is 270 g/mol. The molecule has 0 heterocycles. The molecule has 0 fully saturated rings. The molecular formula is C7H5ClFI. The van der Waals surface area contributed by atoms with Gasteiger partial charge in [-0.05, 0) is 41.1 Å². The molecule has 0 aliphatic heterocycles. The summed E-state index contributed by atoms with van der Waals surface area (Å²) >= 11 is 7.51. The third-order valence-corrected chi connectivity index (χ3v) is 2.53. The van der Waals surface area contributed by atoms with Crippen molar-refractivity contribution in [3.8, 4) is 0 Å². The Morgan fingerprint density at radius 3 is 2.60 bits per heavy atom. The predicted molar refractivity (Wildman–Crippen MR) is 48.9 cm³/mol. The number of hydrogen-bond donors (Lipinski definition) is 0. The van der Waals surface area contributed by atoms with Crippen LogP contribution in [0.3, 0.4) is 0 Å². The van der Waals surface area contributed by atoms with Gasteiger partial charge in [0.25, 0.3) is 0 Å². The van der Waals surface area contributed by atoms with Crippen LogP contribution in [0.15, 0.2) is 12.1 Å². The van der Waals surface area contributed by atoms with Crippen molar-refractivity contribution in [3.05, 3.63) is 32.1 Å². The van der Waals surface area contributed by atoms with Gasteiger partial charge in [0.2, 0.25) is 0 Å². The van der Waals surface area contributed by atoms with Crippen LogP contribution < -0.4 is 0 Å². The van der Waals surface area contributed by atoms with Crippen LogP contribution >= 0.6 is 34.2 Å². The number of halogens is 3. The average Bonchev–Trinajstić information content (AvgIpc) is 1.93. The SMILES string of the molecule is Cc1ccc(I)c(F)c1Cl. The van der Waals surface area contributed by atoms with Crippen LogP contribution in [0.2, 0.25) is 5.02 Å². The van der Waals surface area contributed by atoms with E-state index >= 15 is 0 Å². The lowest BCUT2D eigenvalue weighted by atomic mass is 10.2. The van der Waals surface area contributed by atoms with Crippen molar-refractivity contribution >= 4 is 34.2 Å². The van der Waals surface area contributed by atoms with Gasteiger partial charge in [-0.25, -0.2) is 4.39 Å². The fourth-order valence-electron chi connectivity index (χ4n) is 0.622. The normalized spacial score (nSPS) is 10.0. The van der Waals surface area contributed by atoms with Gasteiger partial charge in [0.15, 0.2) is 5.82 Å². The summed E-state index contributed by atoms with van der Waals surface area (Å²) in [5.41, 5.74) is 0.777. The van der Waals surface area contributed by atoms with Crippen LogP contribution in [0, 0.1) is 16.3 Å². The molecule has 0 saturated carbocycles. The van der Waals surface area contributed by atoms with Gasteiger partial charge in [-0.3, -0.25) is 0 Å². The van der Waals surface area contributed by atoms with Crippen molar-refractivity contribution in [2.24, 2.45) is 0 Å². The molecule has 0 aliphatic carbocycles. The summed E-state index contributed by atoms with van der Waals surface area (Å²) in [6, 6.07) is 3.50. The van der Waals surface area contributed by atoms with Gasteiger partial charge >= 0.3 is 0 Å². The summed E-state index contributed by atoms with van der Waals surface area (Å²) < 4.78 is 13.4. The second-order valence-electron chi connectivity index (χ2n) is 1.99. The lowest BCUT2D eigenvalue weighted by Gasteiger charge is -1.99. The van der Waals surface area contributed by atoms with Gasteiger partial charge in [-0.2, -0.15) is 0 Å². The fourth-order valence-corrected chi connectivity index (χ4v) is 1.40. The summed E-state index contributed by atoms with van der Waals surface area (Å²) in [4.78, 5) is 0. The van der Waals surface area contributed by atoms with Crippen LogP contribution in [-0.4, -0.2) is 0 Å². The van der Waals surface area contributed by atoms with Crippen LogP contribution in [0.1, 0.15) is 5.56 Å². The quantitative estimate of drug-likeness (QED) is 0.501. The van der Waals surface area contributed by atoms with E-state index in [4.69, 9.17) is 11.6 Å². The monoisotopic (exact) mass is 270 g/mol. The minimum Gasteiger partial charge on any atom is -0.204 e. The van der Waals surface area contributed by atoms with E-state index in [-0.39, 0.29) is 10.8 Å². The Balaban J connectivity index is 3.34. The van der Waals surface area contributed by atoms with Crippen molar-refractivity contribution < 1.29 is 4.39 Å². The molecule has 1 rings (SSSR count). The van der Waals surface area contributed by atoms with Crippen molar-refractivity contribution in [2.45, 2.75) is 6.92 Å². The number of rotatable bonds is 0. The topological polar surface area (TPSA) is 0 Å². The molecule has 0 aromatic heterocycles. The Kier molecular flexibility index (Phi) is 2.52. The van der Waals surface area contributed by atoms with E-state index in [0.717, 1.165) is 5.56 Å². The summed E-state index contributed by atoms with van der Waals surface area (Å²) in [6.45, 7) is 1.78. The maximum atomic E-state index is 12.9. The first kappa shape index (κ1) is 8.27. The van der Waals surface area contributed by atoms with Crippen molar-refractivity contribution in [2.75, 3.05) is 0 Å². The van der Waals surface area contributed by atoms with Crippen molar-refractivity contribution in [3.63, 3.8) is 0 Å². The molecule has 1 aromatic rings. The van der Waals surface area contributed by atoms with E-state index in [1.807, 2.05) is 22.6 Å². The molecule has 54 valence electrons. The summed E-state index contributed by atoms with van der Waals surface area (Å²) in [6.07, 6.45) is 0. The number of aryl methyl sites for hydroxylation is 1. The molecule has 0 spiro atoms. The molecule has 3 heteroatoms. The van der Waals surface area contributed by atoms with E-state index in [9.17, 15) is 4.39 Å². The largest absolute Gasteiger partial charge is 0.204 e. The van der Waals surface area contributed by atoms with Crippen molar-refractivity contribution in [1.82, 2.24) is 0 Å². The Hall–Kier alpha value is 0.170. The maximum Gasteiger partial charge on any atom is 0.155 e. The van der Waals surface area contributed by atoms with E-state index in [1.54, 1.807) is 19.1 Å². The van der Waals surface area contributed by atoms with Crippen LogP contribution in [0.25, 0.3) is 0 Å². The highest BCUT2D eigenvalue weighted by molar-refractivity contribution is 14.1. The number of benzene rings is 1. The minimum atomic E-state index is -0.317. The minimum absolute atomic E-state index is 0.229. The zero-order valence-corrected chi connectivity index (χ0v) is 8.20. The maximum absolute atomic E-state index is 12.9. The molecule has 0 nitrogen and oxygen atoms in total. The summed E-state index contributed by atoms with van der Waals surface area (Å²) in [5.74, 6) is -0.317. The van der Waals surface area contributed by atoms with E-state index in [0.29, 0.717) is 3.57 Å². The van der Waals surface area contributed by atoms with Gasteiger partial charge in [0.05, 0.1) is 8.59 Å². The fraction of sp³-hybridized carbons (Fsp3) is 0.143. The second-order valence-corrected chi connectivity index (χ2v) is 3.53. The molecule has 0 aliphatic rings. The first-order valence-electron chi connectivity index (χ1n) is 2.73. The lowest BCUT2D eigenvalue weighted by molar-refractivity contribution is 0.619.